The molecule has 1 unspecified atom stereocenters. The van der Waals surface area contributed by atoms with Gasteiger partial charge in [-0.1, -0.05) is 59.3 Å². The van der Waals surface area contributed by atoms with Gasteiger partial charge in [-0.2, -0.15) is 0 Å². The number of terminal acetylenes is 1. The zero-order valence-electron chi connectivity index (χ0n) is 33.0. The van der Waals surface area contributed by atoms with E-state index in [2.05, 4.69) is 27.2 Å². The molecule has 0 radical (unpaired) electrons. The minimum Gasteiger partial charge on any atom is -0.347 e. The number of amides is 5. The number of nitrogens with one attached hydrogen (secondary N) is 4. The molecular formula is C40H65N5O7S. The van der Waals surface area contributed by atoms with E-state index >= 15 is 0 Å². The van der Waals surface area contributed by atoms with Crippen LogP contribution in [0, 0.1) is 29.6 Å². The van der Waals surface area contributed by atoms with Gasteiger partial charge in [0.1, 0.15) is 12.1 Å². The van der Waals surface area contributed by atoms with Crippen molar-refractivity contribution in [3.63, 3.8) is 0 Å². The highest BCUT2D eigenvalue weighted by molar-refractivity contribution is 7.92. The number of hydrogen-bond acceptors (Lipinski definition) is 7. The van der Waals surface area contributed by atoms with Crippen LogP contribution in [-0.2, 0) is 29.0 Å². The summed E-state index contributed by atoms with van der Waals surface area (Å²) >= 11 is 0. The molecule has 0 aromatic heterocycles. The fourth-order valence-electron chi connectivity index (χ4n) is 8.69. The Morgan fingerprint density at radius 1 is 0.887 bits per heavy atom. The third-order valence-corrected chi connectivity index (χ3v) is 15.3. The van der Waals surface area contributed by atoms with Crippen LogP contribution < -0.4 is 21.3 Å². The van der Waals surface area contributed by atoms with Crippen molar-refractivity contribution in [2.24, 2.45) is 17.3 Å². The maximum atomic E-state index is 14.9. The maximum Gasteiger partial charge on any atom is 0.315 e. The summed E-state index contributed by atoms with van der Waals surface area (Å²) in [6.07, 6.45) is 16.7. The molecule has 3 saturated carbocycles. The van der Waals surface area contributed by atoms with E-state index in [0.29, 0.717) is 32.1 Å². The van der Waals surface area contributed by atoms with Gasteiger partial charge in [-0.3, -0.25) is 19.2 Å². The maximum absolute atomic E-state index is 14.9. The minimum atomic E-state index is -3.58. The molecule has 4 rings (SSSR count). The Bertz CT molecular complexity index is 1500. The highest BCUT2D eigenvalue weighted by Crippen LogP contribution is 2.41. The predicted molar refractivity (Wildman–Crippen MR) is 205 cm³/mol. The number of urea groups is 1. The van der Waals surface area contributed by atoms with Crippen LogP contribution in [0.15, 0.2) is 0 Å². The van der Waals surface area contributed by atoms with E-state index < -0.39 is 67.3 Å². The molecule has 4 atom stereocenters. The lowest BCUT2D eigenvalue weighted by molar-refractivity contribution is -0.145. The molecule has 5 amide bonds. The van der Waals surface area contributed by atoms with E-state index in [4.69, 9.17) is 6.42 Å². The van der Waals surface area contributed by atoms with Gasteiger partial charge in [-0.15, -0.1) is 12.3 Å². The van der Waals surface area contributed by atoms with Gasteiger partial charge in [0.05, 0.1) is 22.1 Å². The Hall–Kier alpha value is -3.14. The lowest BCUT2D eigenvalue weighted by atomic mass is 9.70. The predicted octanol–water partition coefficient (Wildman–Crippen LogP) is 4.55. The molecule has 0 aromatic rings. The van der Waals surface area contributed by atoms with Crippen molar-refractivity contribution in [1.29, 1.82) is 0 Å². The number of likely N-dealkylation sites (tertiary alicyclic amines) is 1. The summed E-state index contributed by atoms with van der Waals surface area (Å²) in [6.45, 7) is 11.3. The summed E-state index contributed by atoms with van der Waals surface area (Å²) in [5, 5.41) is 11.7. The number of ketones is 1. The fraction of sp³-hybridized carbons (Fsp3) is 0.825. The standard InChI is InChI=1S/C40H65N5O7S/c1-8-9-19-30(32(46)35(48)41-28-17-16-18-28)42-34(47)31-29(27(2)3)20-25-45(31)36(49)33(39(7)21-12-10-13-22-39)43-37(50)44-40(23-14-11-15-24-40)26-53(51,52)38(4,5)6/h1,27-31,33H,9-26H2,2-7H3,(H,41,48)(H,42,47)(H2,43,44,50)/t29-,30?,31+,33-/m1/s1. The van der Waals surface area contributed by atoms with Gasteiger partial charge < -0.3 is 26.2 Å². The first kappa shape index (κ1) is 42.6. The molecular weight excluding hydrogens is 695 g/mol. The summed E-state index contributed by atoms with van der Waals surface area (Å²) in [6, 6.07) is -3.69. The van der Waals surface area contributed by atoms with E-state index in [1.54, 1.807) is 25.7 Å². The molecule has 3 aliphatic carbocycles. The van der Waals surface area contributed by atoms with E-state index in [1.807, 2.05) is 20.8 Å². The van der Waals surface area contributed by atoms with Gasteiger partial charge in [0, 0.05) is 19.0 Å². The minimum absolute atomic E-state index is 0.0150. The van der Waals surface area contributed by atoms with Crippen molar-refractivity contribution in [2.75, 3.05) is 12.3 Å². The Morgan fingerprint density at radius 2 is 1.49 bits per heavy atom. The van der Waals surface area contributed by atoms with Crippen LogP contribution in [-0.4, -0.2) is 89.6 Å². The first-order valence-corrected chi connectivity index (χ1v) is 21.7. The molecule has 4 aliphatic rings. The zero-order valence-corrected chi connectivity index (χ0v) is 33.8. The molecule has 13 heteroatoms. The lowest BCUT2D eigenvalue weighted by Gasteiger charge is -2.44. The van der Waals surface area contributed by atoms with Crippen LogP contribution in [0.5, 0.6) is 0 Å². The van der Waals surface area contributed by atoms with Gasteiger partial charge in [0.15, 0.2) is 9.84 Å². The van der Waals surface area contributed by atoms with Gasteiger partial charge in [0.2, 0.25) is 17.6 Å². The van der Waals surface area contributed by atoms with Crippen LogP contribution in [0.2, 0.25) is 0 Å². The van der Waals surface area contributed by atoms with Crippen LogP contribution in [0.1, 0.15) is 144 Å². The average molecular weight is 760 g/mol. The van der Waals surface area contributed by atoms with Crippen LogP contribution in [0.3, 0.4) is 0 Å². The van der Waals surface area contributed by atoms with E-state index in [0.717, 1.165) is 57.8 Å². The molecule has 0 bridgehead atoms. The summed E-state index contributed by atoms with van der Waals surface area (Å²) in [4.78, 5) is 71.1. The summed E-state index contributed by atoms with van der Waals surface area (Å²) in [5.74, 6) is -0.299. The molecule has 4 N–H and O–H groups in total. The number of nitrogens with zero attached hydrogens (tertiary/aromatic N) is 1. The summed E-state index contributed by atoms with van der Waals surface area (Å²) < 4.78 is 25.9. The quantitative estimate of drug-likeness (QED) is 0.149. The molecule has 298 valence electrons. The molecule has 1 heterocycles. The Morgan fingerprint density at radius 3 is 2.02 bits per heavy atom. The zero-order chi connectivity index (χ0) is 39.2. The Balaban J connectivity index is 1.61. The topological polar surface area (TPSA) is 171 Å². The van der Waals surface area contributed by atoms with Crippen molar-refractivity contribution < 1.29 is 32.4 Å². The second kappa shape index (κ2) is 17.5. The van der Waals surface area contributed by atoms with E-state index in [-0.39, 0.29) is 48.9 Å². The van der Waals surface area contributed by atoms with Gasteiger partial charge in [-0.05, 0) is 95.8 Å². The first-order chi connectivity index (χ1) is 24.8. The molecule has 4 fully saturated rings. The highest BCUT2D eigenvalue weighted by Gasteiger charge is 2.50. The number of sulfone groups is 1. The van der Waals surface area contributed by atoms with E-state index in [9.17, 15) is 32.4 Å². The third kappa shape index (κ3) is 10.3. The largest absolute Gasteiger partial charge is 0.347 e. The first-order valence-electron chi connectivity index (χ1n) is 20.0. The smallest absolute Gasteiger partial charge is 0.315 e. The van der Waals surface area contributed by atoms with Gasteiger partial charge in [-0.25, -0.2) is 13.2 Å². The second-order valence-corrected chi connectivity index (χ2v) is 20.6. The van der Waals surface area contributed by atoms with Crippen molar-refractivity contribution in [3.05, 3.63) is 0 Å². The van der Waals surface area contributed by atoms with Crippen molar-refractivity contribution in [2.45, 2.75) is 179 Å². The molecule has 53 heavy (non-hydrogen) atoms. The number of Topliss-reactive ketones (excluding diaryl/α,β-unsaturated/α-hetero) is 1. The number of hydrogen-bond donors (Lipinski definition) is 4. The van der Waals surface area contributed by atoms with Gasteiger partial charge >= 0.3 is 6.03 Å². The molecule has 1 aliphatic heterocycles. The number of carbonyl (C=O) groups is 5. The van der Waals surface area contributed by atoms with Gasteiger partial charge in [0.25, 0.3) is 5.91 Å². The normalized spacial score (nSPS) is 24.2. The fourth-order valence-corrected chi connectivity index (χ4v) is 10.2. The summed E-state index contributed by atoms with van der Waals surface area (Å²) in [5.41, 5.74) is -1.56. The molecule has 1 saturated heterocycles. The van der Waals surface area contributed by atoms with Crippen molar-refractivity contribution in [3.8, 4) is 12.3 Å². The number of rotatable bonds is 14. The average Bonchev–Trinajstić information content (AvgIpc) is 3.52. The number of carbonyl (C=O) groups excluding carboxylic acids is 5. The Labute approximate surface area is 317 Å². The summed E-state index contributed by atoms with van der Waals surface area (Å²) in [7, 11) is -3.58. The van der Waals surface area contributed by atoms with E-state index in [1.165, 1.54) is 0 Å². The van der Waals surface area contributed by atoms with Crippen LogP contribution in [0.4, 0.5) is 4.79 Å². The lowest BCUT2D eigenvalue weighted by Crippen LogP contribution is -2.64. The molecule has 12 nitrogen and oxygen atoms in total. The van der Waals surface area contributed by atoms with Crippen LogP contribution in [0.25, 0.3) is 0 Å². The SMILES string of the molecule is C#CCCC(NC(=O)[C@@H]1[C@@H](C(C)C)CCN1C(=O)[C@@H](NC(=O)NC1(CS(=O)(=O)C(C)(C)C)CCCCC1)C1(C)CCCCC1)C(=O)C(=O)NC1CCC1. The molecule has 0 spiro atoms. The highest BCUT2D eigenvalue weighted by atomic mass is 32.2. The monoisotopic (exact) mass is 759 g/mol. The van der Waals surface area contributed by atoms with Crippen molar-refractivity contribution in [1.82, 2.24) is 26.2 Å². The van der Waals surface area contributed by atoms with Crippen LogP contribution >= 0.6 is 0 Å². The molecule has 0 aromatic carbocycles. The van der Waals surface area contributed by atoms with Crippen molar-refractivity contribution >= 4 is 39.4 Å². The Kier molecular flexibility index (Phi) is 14.1. The third-order valence-electron chi connectivity index (χ3n) is 12.5. The second-order valence-electron chi connectivity index (χ2n) is 17.9.